The van der Waals surface area contributed by atoms with Crippen LogP contribution in [0.25, 0.3) is 10.9 Å². The monoisotopic (exact) mass is 290 g/mol. The molecule has 0 aliphatic heterocycles. The van der Waals surface area contributed by atoms with Crippen LogP contribution in [-0.2, 0) is 10.0 Å². The first-order chi connectivity index (χ1) is 9.15. The molecule has 19 heavy (non-hydrogen) atoms. The summed E-state index contributed by atoms with van der Waals surface area (Å²) < 4.78 is 26.9. The van der Waals surface area contributed by atoms with Crippen molar-refractivity contribution in [3.8, 4) is 0 Å². The molecule has 0 saturated heterocycles. The van der Waals surface area contributed by atoms with Crippen LogP contribution >= 0.6 is 11.3 Å². The Labute approximate surface area is 114 Å². The smallest absolute Gasteiger partial charge is 0.263 e. The molecule has 0 aliphatic carbocycles. The van der Waals surface area contributed by atoms with Crippen LogP contribution in [-0.4, -0.2) is 13.4 Å². The number of nitrogens with one attached hydrogen (secondary N) is 1. The molecule has 96 valence electrons. The summed E-state index contributed by atoms with van der Waals surface area (Å²) in [5.41, 5.74) is 0.758. The van der Waals surface area contributed by atoms with Gasteiger partial charge in [0.25, 0.3) is 10.0 Å². The van der Waals surface area contributed by atoms with E-state index in [4.69, 9.17) is 0 Å². The largest absolute Gasteiger partial charge is 0.272 e. The highest BCUT2D eigenvalue weighted by atomic mass is 32.2. The van der Waals surface area contributed by atoms with Gasteiger partial charge in [-0.3, -0.25) is 4.72 Å². The number of thiophene rings is 1. The lowest BCUT2D eigenvalue weighted by atomic mass is 10.2. The summed E-state index contributed by atoms with van der Waals surface area (Å²) in [7, 11) is -3.53. The van der Waals surface area contributed by atoms with Gasteiger partial charge in [-0.1, -0.05) is 24.3 Å². The van der Waals surface area contributed by atoms with E-state index in [1.54, 1.807) is 23.6 Å². The van der Waals surface area contributed by atoms with E-state index in [0.29, 0.717) is 5.82 Å². The predicted molar refractivity (Wildman–Crippen MR) is 76.9 cm³/mol. The second-order valence-corrected chi connectivity index (χ2v) is 6.78. The van der Waals surface area contributed by atoms with Gasteiger partial charge >= 0.3 is 0 Å². The molecule has 3 rings (SSSR count). The summed E-state index contributed by atoms with van der Waals surface area (Å²) >= 11 is 1.17. The molecule has 1 N–H and O–H groups in total. The maximum absolute atomic E-state index is 12.1. The molecule has 1 aromatic carbocycles. The van der Waals surface area contributed by atoms with Crippen molar-refractivity contribution >= 4 is 38.1 Å². The molecule has 0 fully saturated rings. The van der Waals surface area contributed by atoms with Crippen molar-refractivity contribution in [2.75, 3.05) is 4.72 Å². The highest BCUT2D eigenvalue weighted by molar-refractivity contribution is 7.94. The normalized spacial score (nSPS) is 11.6. The summed E-state index contributed by atoms with van der Waals surface area (Å²) in [4.78, 5) is 4.28. The minimum Gasteiger partial charge on any atom is -0.263 e. The molecule has 0 saturated carbocycles. The van der Waals surface area contributed by atoms with Crippen molar-refractivity contribution in [3.05, 3.63) is 53.9 Å². The lowest BCUT2D eigenvalue weighted by Crippen LogP contribution is -2.12. The van der Waals surface area contributed by atoms with Crippen molar-refractivity contribution in [2.45, 2.75) is 4.21 Å². The van der Waals surface area contributed by atoms with Crippen LogP contribution < -0.4 is 4.72 Å². The van der Waals surface area contributed by atoms with Gasteiger partial charge in [0.1, 0.15) is 10.0 Å². The zero-order valence-electron chi connectivity index (χ0n) is 9.78. The molecule has 4 nitrogen and oxygen atoms in total. The molecule has 3 aromatic rings. The number of anilines is 1. The fraction of sp³-hybridized carbons (Fsp3) is 0. The Balaban J connectivity index is 1.98. The number of hydrogen-bond acceptors (Lipinski definition) is 4. The zero-order chi connectivity index (χ0) is 13.3. The standard InChI is InChI=1S/C13H10N2O2S2/c16-19(17,13-6-3-9-18-13)15-12-8-7-10-4-1-2-5-11(10)14-12/h1-9H,(H,14,15). The van der Waals surface area contributed by atoms with Gasteiger partial charge in [0.05, 0.1) is 5.52 Å². The summed E-state index contributed by atoms with van der Waals surface area (Å²) in [6.45, 7) is 0. The topological polar surface area (TPSA) is 59.1 Å². The number of fused-ring (bicyclic) bond motifs is 1. The van der Waals surface area contributed by atoms with Crippen molar-refractivity contribution in [2.24, 2.45) is 0 Å². The second-order valence-electron chi connectivity index (χ2n) is 3.93. The lowest BCUT2D eigenvalue weighted by Gasteiger charge is -2.06. The molecule has 0 amide bonds. The van der Waals surface area contributed by atoms with Gasteiger partial charge in [-0.05, 0) is 29.6 Å². The number of pyridine rings is 1. The fourth-order valence-corrected chi connectivity index (χ4v) is 3.72. The van der Waals surface area contributed by atoms with Gasteiger partial charge in [-0.15, -0.1) is 11.3 Å². The Hall–Kier alpha value is -1.92. The van der Waals surface area contributed by atoms with Crippen LogP contribution in [0, 0.1) is 0 Å². The minimum atomic E-state index is -3.53. The molecule has 0 aliphatic rings. The average Bonchev–Trinajstić information content (AvgIpc) is 2.93. The molecule has 0 spiro atoms. The Morgan fingerprint density at radius 1 is 1.00 bits per heavy atom. The molecule has 2 heterocycles. The second kappa shape index (κ2) is 4.64. The molecular weight excluding hydrogens is 280 g/mol. The lowest BCUT2D eigenvalue weighted by molar-refractivity contribution is 0.603. The van der Waals surface area contributed by atoms with E-state index in [1.807, 2.05) is 30.3 Å². The molecule has 0 radical (unpaired) electrons. The van der Waals surface area contributed by atoms with E-state index in [-0.39, 0.29) is 4.21 Å². The van der Waals surface area contributed by atoms with E-state index in [0.717, 1.165) is 10.9 Å². The maximum Gasteiger partial charge on any atom is 0.272 e. The fourth-order valence-electron chi connectivity index (χ4n) is 1.73. The number of aromatic nitrogens is 1. The van der Waals surface area contributed by atoms with Crippen molar-refractivity contribution in [1.29, 1.82) is 0 Å². The van der Waals surface area contributed by atoms with Crippen molar-refractivity contribution in [1.82, 2.24) is 4.98 Å². The van der Waals surface area contributed by atoms with Crippen LogP contribution in [0.5, 0.6) is 0 Å². The van der Waals surface area contributed by atoms with Gasteiger partial charge in [0.2, 0.25) is 0 Å². The first-order valence-electron chi connectivity index (χ1n) is 5.57. The average molecular weight is 290 g/mol. The van der Waals surface area contributed by atoms with Crippen molar-refractivity contribution in [3.63, 3.8) is 0 Å². The molecule has 6 heteroatoms. The Morgan fingerprint density at radius 3 is 2.63 bits per heavy atom. The van der Waals surface area contributed by atoms with Crippen LogP contribution in [0.2, 0.25) is 0 Å². The zero-order valence-corrected chi connectivity index (χ0v) is 11.4. The third-order valence-electron chi connectivity index (χ3n) is 2.60. The van der Waals surface area contributed by atoms with Crippen LogP contribution in [0.15, 0.2) is 58.1 Å². The molecule has 0 unspecified atom stereocenters. The predicted octanol–water partition coefficient (Wildman–Crippen LogP) is 3.10. The molecule has 0 atom stereocenters. The Kier molecular flexibility index (Phi) is 2.96. The van der Waals surface area contributed by atoms with Gasteiger partial charge in [-0.25, -0.2) is 13.4 Å². The van der Waals surface area contributed by atoms with E-state index in [2.05, 4.69) is 9.71 Å². The van der Waals surface area contributed by atoms with Crippen molar-refractivity contribution < 1.29 is 8.42 Å². The summed E-state index contributed by atoms with van der Waals surface area (Å²) in [5, 5.41) is 2.70. The molecule has 2 aromatic heterocycles. The summed E-state index contributed by atoms with van der Waals surface area (Å²) in [6.07, 6.45) is 0. The number of rotatable bonds is 3. The van der Waals surface area contributed by atoms with E-state index >= 15 is 0 Å². The number of para-hydroxylation sites is 1. The van der Waals surface area contributed by atoms with E-state index in [1.165, 1.54) is 11.3 Å². The summed E-state index contributed by atoms with van der Waals surface area (Å²) in [6, 6.07) is 14.3. The van der Waals surface area contributed by atoms with Crippen LogP contribution in [0.1, 0.15) is 0 Å². The quantitative estimate of drug-likeness (QED) is 0.806. The number of sulfonamides is 1. The Morgan fingerprint density at radius 2 is 1.84 bits per heavy atom. The maximum atomic E-state index is 12.1. The van der Waals surface area contributed by atoms with Gasteiger partial charge < -0.3 is 0 Å². The van der Waals surface area contributed by atoms with Crippen LogP contribution in [0.4, 0.5) is 5.82 Å². The first kappa shape index (κ1) is 12.1. The van der Waals surface area contributed by atoms with Crippen LogP contribution in [0.3, 0.4) is 0 Å². The molecule has 0 bridgehead atoms. The SMILES string of the molecule is O=S(=O)(Nc1ccc2ccccc2n1)c1cccs1. The number of hydrogen-bond donors (Lipinski definition) is 1. The third-order valence-corrected chi connectivity index (χ3v) is 5.35. The third kappa shape index (κ3) is 2.45. The van der Waals surface area contributed by atoms with E-state index < -0.39 is 10.0 Å². The highest BCUT2D eigenvalue weighted by Gasteiger charge is 2.15. The Bertz CT molecular complexity index is 812. The summed E-state index contributed by atoms with van der Waals surface area (Å²) in [5.74, 6) is 0.326. The first-order valence-corrected chi connectivity index (χ1v) is 7.93. The number of benzene rings is 1. The minimum absolute atomic E-state index is 0.280. The van der Waals surface area contributed by atoms with Gasteiger partial charge in [0, 0.05) is 5.39 Å². The van der Waals surface area contributed by atoms with Gasteiger partial charge in [-0.2, -0.15) is 0 Å². The highest BCUT2D eigenvalue weighted by Crippen LogP contribution is 2.20. The molecular formula is C13H10N2O2S2. The van der Waals surface area contributed by atoms with E-state index in [9.17, 15) is 8.42 Å². The van der Waals surface area contributed by atoms with Gasteiger partial charge in [0.15, 0.2) is 0 Å². The number of nitrogens with zero attached hydrogens (tertiary/aromatic N) is 1.